The van der Waals surface area contributed by atoms with E-state index in [4.69, 9.17) is 5.11 Å². The summed E-state index contributed by atoms with van der Waals surface area (Å²) in [6.45, 7) is 3.89. The van der Waals surface area contributed by atoms with Crippen molar-refractivity contribution in [2.24, 2.45) is 0 Å². The minimum atomic E-state index is -3.37. The lowest BCUT2D eigenvalue weighted by Gasteiger charge is -2.21. The van der Waals surface area contributed by atoms with Crippen LogP contribution in [0.4, 0.5) is 0 Å². The van der Waals surface area contributed by atoms with Gasteiger partial charge in [0.15, 0.2) is 9.84 Å². The normalized spacial score (nSPS) is 12.6. The minimum Gasteiger partial charge on any atom is -0.481 e. The average molecular weight is 388 g/mol. The quantitative estimate of drug-likeness (QED) is 0.621. The van der Waals surface area contributed by atoms with Crippen molar-refractivity contribution >= 4 is 33.5 Å². The zero-order valence-corrected chi connectivity index (χ0v) is 16.4. The molecule has 1 atom stereocenters. The summed E-state index contributed by atoms with van der Waals surface area (Å²) in [5, 5.41) is 8.19. The number of carboxylic acids is 1. The average Bonchev–Trinajstić information content (AvgIpc) is 2.53. The van der Waals surface area contributed by atoms with E-state index in [1.165, 1.54) is 16.7 Å². The van der Waals surface area contributed by atoms with Gasteiger partial charge in [0.25, 0.3) is 0 Å². The molecule has 1 aromatic rings. The van der Waals surface area contributed by atoms with Crippen LogP contribution >= 0.6 is 11.8 Å². The molecule has 6 nitrogen and oxygen atoms in total. The van der Waals surface area contributed by atoms with E-state index in [0.29, 0.717) is 24.3 Å². The Morgan fingerprint density at radius 3 is 2.52 bits per heavy atom. The Kier molecular flexibility index (Phi) is 8.44. The fourth-order valence-electron chi connectivity index (χ4n) is 2.31. The number of carbonyl (C=O) groups is 2. The third-order valence-electron chi connectivity index (χ3n) is 3.57. The van der Waals surface area contributed by atoms with Gasteiger partial charge in [-0.2, -0.15) is 0 Å². The summed E-state index contributed by atoms with van der Waals surface area (Å²) >= 11 is 1.21. The molecule has 1 unspecified atom stereocenters. The van der Waals surface area contributed by atoms with Crippen LogP contribution in [-0.4, -0.2) is 54.9 Å². The number of thioether (sulfide) groups is 1. The molecule has 0 aliphatic heterocycles. The van der Waals surface area contributed by atoms with Crippen LogP contribution < -0.4 is 0 Å². The zero-order valence-electron chi connectivity index (χ0n) is 14.8. The number of nitrogens with zero attached hydrogens (tertiary/aromatic N) is 1. The number of rotatable bonds is 10. The third kappa shape index (κ3) is 6.70. The molecule has 140 valence electrons. The second-order valence-corrected chi connectivity index (χ2v) is 9.24. The maximum atomic E-state index is 12.4. The Morgan fingerprint density at radius 2 is 1.92 bits per heavy atom. The van der Waals surface area contributed by atoms with Gasteiger partial charge < -0.3 is 10.0 Å². The van der Waals surface area contributed by atoms with Crippen LogP contribution in [0.15, 0.2) is 34.1 Å². The van der Waals surface area contributed by atoms with Gasteiger partial charge in [-0.05, 0) is 31.9 Å². The van der Waals surface area contributed by atoms with E-state index in [2.05, 4.69) is 0 Å². The van der Waals surface area contributed by atoms with Gasteiger partial charge in [-0.3, -0.25) is 9.59 Å². The number of carboxylic acid groups (broad SMARTS) is 1. The van der Waals surface area contributed by atoms with Crippen molar-refractivity contribution in [1.29, 1.82) is 0 Å². The molecule has 0 fully saturated rings. The van der Waals surface area contributed by atoms with Crippen molar-refractivity contribution in [3.8, 4) is 0 Å². The van der Waals surface area contributed by atoms with E-state index in [1.807, 2.05) is 6.92 Å². The highest BCUT2D eigenvalue weighted by molar-refractivity contribution is 8.01. The number of sulfone groups is 1. The van der Waals surface area contributed by atoms with Crippen molar-refractivity contribution in [1.82, 2.24) is 4.90 Å². The smallest absolute Gasteiger partial charge is 0.303 e. The molecule has 1 rings (SSSR count). The maximum Gasteiger partial charge on any atom is 0.303 e. The van der Waals surface area contributed by atoms with Gasteiger partial charge in [0.2, 0.25) is 5.91 Å². The summed E-state index contributed by atoms with van der Waals surface area (Å²) in [6, 6.07) is 6.71. The Morgan fingerprint density at radius 1 is 1.28 bits per heavy atom. The van der Waals surface area contributed by atoms with E-state index in [9.17, 15) is 18.0 Å². The van der Waals surface area contributed by atoms with Gasteiger partial charge in [-0.15, -0.1) is 11.8 Å². The second kappa shape index (κ2) is 9.82. The third-order valence-corrected chi connectivity index (χ3v) is 6.84. The first kappa shape index (κ1) is 21.5. The first-order chi connectivity index (χ1) is 11.7. The van der Waals surface area contributed by atoms with E-state index in [0.717, 1.165) is 0 Å². The van der Waals surface area contributed by atoms with Crippen molar-refractivity contribution in [2.45, 2.75) is 48.2 Å². The van der Waals surface area contributed by atoms with Gasteiger partial charge in [-0.25, -0.2) is 8.42 Å². The van der Waals surface area contributed by atoms with E-state index in [1.54, 1.807) is 38.2 Å². The highest BCUT2D eigenvalue weighted by Gasteiger charge is 2.23. The summed E-state index contributed by atoms with van der Waals surface area (Å²) in [5.74, 6) is -0.974. The largest absolute Gasteiger partial charge is 0.481 e. The van der Waals surface area contributed by atoms with Crippen LogP contribution in [0.2, 0.25) is 0 Å². The van der Waals surface area contributed by atoms with Gasteiger partial charge in [0.1, 0.15) is 0 Å². The summed E-state index contributed by atoms with van der Waals surface area (Å²) in [5.41, 5.74) is 0. The first-order valence-corrected chi connectivity index (χ1v) is 10.7. The predicted molar refractivity (Wildman–Crippen MR) is 98.6 cm³/mol. The highest BCUT2D eigenvalue weighted by atomic mass is 32.2. The molecule has 0 bridgehead atoms. The van der Waals surface area contributed by atoms with E-state index >= 15 is 0 Å². The molecule has 1 N–H and O–H groups in total. The Balaban J connectivity index is 2.82. The van der Waals surface area contributed by atoms with Crippen molar-refractivity contribution in [3.63, 3.8) is 0 Å². The Hall–Kier alpha value is -1.54. The van der Waals surface area contributed by atoms with Gasteiger partial charge in [-0.1, -0.05) is 19.1 Å². The maximum absolute atomic E-state index is 12.4. The molecule has 0 saturated carbocycles. The van der Waals surface area contributed by atoms with Crippen LogP contribution in [0, 0.1) is 0 Å². The molecule has 1 aromatic carbocycles. The minimum absolute atomic E-state index is 0.0111. The molecular weight excluding hydrogens is 362 g/mol. The summed E-state index contributed by atoms with van der Waals surface area (Å²) < 4.78 is 24.8. The highest BCUT2D eigenvalue weighted by Crippen LogP contribution is 2.31. The zero-order chi connectivity index (χ0) is 19.0. The summed E-state index contributed by atoms with van der Waals surface area (Å²) in [4.78, 5) is 25.3. The van der Waals surface area contributed by atoms with Crippen LogP contribution in [0.5, 0.6) is 0 Å². The summed E-state index contributed by atoms with van der Waals surface area (Å²) in [6.07, 6.45) is 0.926. The topological polar surface area (TPSA) is 91.8 Å². The molecular formula is C17H25NO5S2. The van der Waals surface area contributed by atoms with Gasteiger partial charge in [0, 0.05) is 24.9 Å². The molecule has 0 aliphatic rings. The number of hydrogen-bond donors (Lipinski definition) is 1. The van der Waals surface area contributed by atoms with Gasteiger partial charge in [0.05, 0.1) is 15.9 Å². The molecule has 0 aliphatic carbocycles. The second-order valence-electron chi connectivity index (χ2n) is 5.78. The molecule has 1 amide bonds. The van der Waals surface area contributed by atoms with Crippen molar-refractivity contribution < 1.29 is 23.1 Å². The molecule has 0 aromatic heterocycles. The van der Waals surface area contributed by atoms with Crippen molar-refractivity contribution in [2.75, 3.05) is 19.3 Å². The molecule has 25 heavy (non-hydrogen) atoms. The first-order valence-electron chi connectivity index (χ1n) is 8.14. The van der Waals surface area contributed by atoms with Gasteiger partial charge >= 0.3 is 5.97 Å². The SMILES string of the molecule is CCCS(=O)(=O)c1ccccc1SC(C)C(=O)N(C)CCCC(=O)O. The van der Waals surface area contributed by atoms with E-state index < -0.39 is 21.1 Å². The fraction of sp³-hybridized carbons (Fsp3) is 0.529. The Labute approximate surface area is 153 Å². The number of hydrogen-bond acceptors (Lipinski definition) is 5. The van der Waals surface area contributed by atoms with E-state index in [-0.39, 0.29) is 23.0 Å². The Bertz CT molecular complexity index is 703. The number of benzene rings is 1. The van der Waals surface area contributed by atoms with Crippen molar-refractivity contribution in [3.05, 3.63) is 24.3 Å². The number of carbonyl (C=O) groups excluding carboxylic acids is 1. The predicted octanol–water partition coefficient (Wildman–Crippen LogP) is 2.67. The standard InChI is InChI=1S/C17H25NO5S2/c1-4-12-25(22,23)15-9-6-5-8-14(15)24-13(2)17(21)18(3)11-7-10-16(19)20/h5-6,8-9,13H,4,7,10-12H2,1-3H3,(H,19,20). The molecule has 0 spiro atoms. The van der Waals surface area contributed by atoms with Crippen LogP contribution in [0.25, 0.3) is 0 Å². The monoisotopic (exact) mass is 387 g/mol. The summed E-state index contributed by atoms with van der Waals surface area (Å²) in [7, 11) is -1.74. The molecule has 0 saturated heterocycles. The lowest BCUT2D eigenvalue weighted by atomic mass is 10.3. The van der Waals surface area contributed by atoms with Crippen LogP contribution in [-0.2, 0) is 19.4 Å². The lowest BCUT2D eigenvalue weighted by molar-refractivity contribution is -0.137. The van der Waals surface area contributed by atoms with Crippen LogP contribution in [0.3, 0.4) is 0 Å². The number of aliphatic carboxylic acids is 1. The number of amides is 1. The molecule has 8 heteroatoms. The molecule has 0 radical (unpaired) electrons. The lowest BCUT2D eigenvalue weighted by Crippen LogP contribution is -2.34. The molecule has 0 heterocycles. The van der Waals surface area contributed by atoms with Crippen LogP contribution in [0.1, 0.15) is 33.1 Å². The fourth-order valence-corrected chi connectivity index (χ4v) is 5.26.